The number of methoxy groups -OCH3 is 1. The molecule has 3 aromatic rings. The van der Waals surface area contributed by atoms with Crippen LogP contribution in [0.5, 0.6) is 5.75 Å². The summed E-state index contributed by atoms with van der Waals surface area (Å²) in [5.74, 6) is 1.02. The molecule has 7 heteroatoms. The Balaban J connectivity index is 1.68. The van der Waals surface area contributed by atoms with Crippen LogP contribution in [-0.2, 0) is 35.5 Å². The first kappa shape index (κ1) is 25.3. The lowest BCUT2D eigenvalue weighted by molar-refractivity contribution is -0.156. The number of nitrogens with zero attached hydrogens (tertiary/aromatic N) is 3. The molecular weight excluding hydrogens is 430 g/mol. The first-order valence-corrected chi connectivity index (χ1v) is 11.8. The Labute approximate surface area is 201 Å². The van der Waals surface area contributed by atoms with E-state index in [9.17, 15) is 9.59 Å². The van der Waals surface area contributed by atoms with Gasteiger partial charge >= 0.3 is 11.7 Å². The van der Waals surface area contributed by atoms with Crippen LogP contribution in [0.15, 0.2) is 53.3 Å². The third kappa shape index (κ3) is 6.37. The number of esters is 1. The average Bonchev–Trinajstić information content (AvgIpc) is 3.09. The topological polar surface area (TPSA) is 75.3 Å². The number of ether oxygens (including phenoxy) is 2. The molecule has 3 rings (SSSR count). The molecule has 1 aromatic heterocycles. The number of carbonyl (C=O) groups excluding carboxylic acids is 1. The van der Waals surface area contributed by atoms with Gasteiger partial charge in [0.1, 0.15) is 11.6 Å². The molecule has 0 radical (unpaired) electrons. The van der Waals surface area contributed by atoms with Crippen LogP contribution in [0.3, 0.4) is 0 Å². The van der Waals surface area contributed by atoms with Crippen molar-refractivity contribution in [2.45, 2.75) is 72.1 Å². The highest BCUT2D eigenvalue weighted by atomic mass is 16.6. The van der Waals surface area contributed by atoms with Crippen molar-refractivity contribution >= 4 is 5.97 Å². The van der Waals surface area contributed by atoms with Gasteiger partial charge in [-0.25, -0.2) is 14.3 Å². The fourth-order valence-corrected chi connectivity index (χ4v) is 3.89. The van der Waals surface area contributed by atoms with E-state index in [0.29, 0.717) is 25.3 Å². The van der Waals surface area contributed by atoms with Crippen LogP contribution in [0.4, 0.5) is 0 Å². The van der Waals surface area contributed by atoms with Crippen molar-refractivity contribution in [3.8, 4) is 5.75 Å². The second kappa shape index (κ2) is 11.2. The Morgan fingerprint density at radius 2 is 1.79 bits per heavy atom. The van der Waals surface area contributed by atoms with Crippen molar-refractivity contribution in [1.29, 1.82) is 0 Å². The highest BCUT2D eigenvalue weighted by Crippen LogP contribution is 2.21. The molecule has 182 valence electrons. The van der Waals surface area contributed by atoms with Gasteiger partial charge in [-0.05, 0) is 63.3 Å². The van der Waals surface area contributed by atoms with Crippen LogP contribution in [0, 0.1) is 6.92 Å². The van der Waals surface area contributed by atoms with Crippen LogP contribution in [-0.4, -0.2) is 33.0 Å². The molecule has 7 nitrogen and oxygen atoms in total. The molecule has 0 aliphatic heterocycles. The molecule has 0 spiro atoms. The van der Waals surface area contributed by atoms with Gasteiger partial charge in [0.05, 0.1) is 13.7 Å². The van der Waals surface area contributed by atoms with Crippen LogP contribution in [0.1, 0.15) is 56.1 Å². The van der Waals surface area contributed by atoms with Gasteiger partial charge in [0.15, 0.2) is 5.60 Å². The van der Waals surface area contributed by atoms with Gasteiger partial charge in [-0.1, -0.05) is 48.9 Å². The molecular formula is C27H35N3O4. The summed E-state index contributed by atoms with van der Waals surface area (Å²) in [6, 6.07) is 15.9. The zero-order valence-electron chi connectivity index (χ0n) is 20.8. The molecule has 0 unspecified atom stereocenters. The van der Waals surface area contributed by atoms with E-state index in [-0.39, 0.29) is 5.69 Å². The van der Waals surface area contributed by atoms with Gasteiger partial charge in [-0.3, -0.25) is 4.57 Å². The minimum absolute atomic E-state index is 0.0575. The summed E-state index contributed by atoms with van der Waals surface area (Å²) in [6.45, 7) is 8.61. The van der Waals surface area contributed by atoms with E-state index in [0.717, 1.165) is 36.2 Å². The molecule has 2 aromatic carbocycles. The average molecular weight is 466 g/mol. The van der Waals surface area contributed by atoms with Crippen LogP contribution < -0.4 is 10.4 Å². The number of hydrogen-bond donors (Lipinski definition) is 0. The monoisotopic (exact) mass is 465 g/mol. The second-order valence-corrected chi connectivity index (χ2v) is 9.10. The quantitative estimate of drug-likeness (QED) is 0.394. The maximum absolute atomic E-state index is 13.0. The van der Waals surface area contributed by atoms with Crippen molar-refractivity contribution in [2.24, 2.45) is 0 Å². The first-order valence-electron chi connectivity index (χ1n) is 11.8. The predicted molar refractivity (Wildman–Crippen MR) is 132 cm³/mol. The lowest BCUT2D eigenvalue weighted by atomic mass is 10.1. The van der Waals surface area contributed by atoms with Gasteiger partial charge in [0.2, 0.25) is 0 Å². The number of carbonyl (C=O) groups is 1. The van der Waals surface area contributed by atoms with E-state index in [2.05, 4.69) is 24.2 Å². The lowest BCUT2D eigenvalue weighted by Crippen LogP contribution is -2.39. The predicted octanol–water partition coefficient (Wildman–Crippen LogP) is 4.32. The molecule has 0 atom stereocenters. The summed E-state index contributed by atoms with van der Waals surface area (Å²) < 4.78 is 14.0. The van der Waals surface area contributed by atoms with Gasteiger partial charge in [-0.2, -0.15) is 5.10 Å². The minimum atomic E-state index is -1.06. The number of rotatable bonds is 11. The van der Waals surface area contributed by atoms with Crippen molar-refractivity contribution in [2.75, 3.05) is 7.11 Å². The van der Waals surface area contributed by atoms with Crippen LogP contribution in [0.25, 0.3) is 0 Å². The summed E-state index contributed by atoms with van der Waals surface area (Å²) in [5.41, 5.74) is 2.23. The Hall–Kier alpha value is -3.35. The smallest absolute Gasteiger partial charge is 0.349 e. The number of hydrogen-bond acceptors (Lipinski definition) is 5. The molecule has 0 fully saturated rings. The van der Waals surface area contributed by atoms with Crippen LogP contribution >= 0.6 is 0 Å². The van der Waals surface area contributed by atoms with E-state index >= 15 is 0 Å². The Morgan fingerprint density at radius 1 is 1.06 bits per heavy atom. The van der Waals surface area contributed by atoms with Gasteiger partial charge in [0, 0.05) is 13.0 Å². The van der Waals surface area contributed by atoms with E-state index in [1.807, 2.05) is 43.3 Å². The van der Waals surface area contributed by atoms with Crippen molar-refractivity contribution in [1.82, 2.24) is 14.3 Å². The molecule has 0 amide bonds. The number of aryl methyl sites for hydroxylation is 3. The first-order chi connectivity index (χ1) is 16.2. The maximum Gasteiger partial charge on any atom is 0.349 e. The van der Waals surface area contributed by atoms with E-state index in [4.69, 9.17) is 9.47 Å². The lowest BCUT2D eigenvalue weighted by Gasteiger charge is -2.23. The molecule has 0 aliphatic carbocycles. The summed E-state index contributed by atoms with van der Waals surface area (Å²) in [5, 5.41) is 4.66. The van der Waals surface area contributed by atoms with E-state index < -0.39 is 11.6 Å². The zero-order chi connectivity index (χ0) is 24.7. The standard InChI is InChI=1S/C27H35N3O4/c1-6-17-29-24(28-30(26(29)32)19-22-15-13-20(2)14-16-22)12-8-10-21-9-7-11-23(18-21)34-27(3,4)25(31)33-5/h7,9,11,13-16,18H,6,8,10,12,17,19H2,1-5H3. The van der Waals surface area contributed by atoms with Gasteiger partial charge in [-0.15, -0.1) is 0 Å². The largest absolute Gasteiger partial charge is 0.476 e. The summed E-state index contributed by atoms with van der Waals surface area (Å²) >= 11 is 0. The normalized spacial score (nSPS) is 11.4. The zero-order valence-corrected chi connectivity index (χ0v) is 20.8. The Bertz CT molecular complexity index is 1160. The third-order valence-electron chi connectivity index (χ3n) is 5.71. The third-order valence-corrected chi connectivity index (χ3v) is 5.71. The van der Waals surface area contributed by atoms with E-state index in [1.54, 1.807) is 23.1 Å². The summed E-state index contributed by atoms with van der Waals surface area (Å²) in [7, 11) is 1.35. The molecule has 0 N–H and O–H groups in total. The van der Waals surface area contributed by atoms with Crippen molar-refractivity contribution in [3.05, 3.63) is 81.5 Å². The van der Waals surface area contributed by atoms with Crippen molar-refractivity contribution in [3.63, 3.8) is 0 Å². The van der Waals surface area contributed by atoms with Gasteiger partial charge < -0.3 is 9.47 Å². The maximum atomic E-state index is 13.0. The SMILES string of the molecule is CCCn1c(CCCc2cccc(OC(C)(C)C(=O)OC)c2)nn(Cc2ccc(C)cc2)c1=O. The fraction of sp³-hybridized carbons (Fsp3) is 0.444. The Kier molecular flexibility index (Phi) is 8.31. The molecule has 34 heavy (non-hydrogen) atoms. The minimum Gasteiger partial charge on any atom is -0.476 e. The molecule has 0 saturated carbocycles. The molecule has 0 aliphatic rings. The summed E-state index contributed by atoms with van der Waals surface area (Å²) in [6.07, 6.45) is 3.23. The highest BCUT2D eigenvalue weighted by molar-refractivity contribution is 5.78. The van der Waals surface area contributed by atoms with E-state index in [1.165, 1.54) is 12.7 Å². The van der Waals surface area contributed by atoms with Gasteiger partial charge in [0.25, 0.3) is 0 Å². The molecule has 0 saturated heterocycles. The Morgan fingerprint density at radius 3 is 2.47 bits per heavy atom. The number of benzene rings is 2. The number of aromatic nitrogens is 3. The molecule has 0 bridgehead atoms. The summed E-state index contributed by atoms with van der Waals surface area (Å²) in [4.78, 5) is 24.9. The molecule has 1 heterocycles. The highest BCUT2D eigenvalue weighted by Gasteiger charge is 2.31. The van der Waals surface area contributed by atoms with Crippen molar-refractivity contribution < 1.29 is 14.3 Å². The fourth-order valence-electron chi connectivity index (χ4n) is 3.89. The second-order valence-electron chi connectivity index (χ2n) is 9.10. The van der Waals surface area contributed by atoms with Crippen LogP contribution in [0.2, 0.25) is 0 Å².